The van der Waals surface area contributed by atoms with Crippen LogP contribution in [0.15, 0.2) is 35.2 Å². The molecule has 0 saturated carbocycles. The van der Waals surface area contributed by atoms with Crippen molar-refractivity contribution in [1.82, 2.24) is 0 Å². The van der Waals surface area contributed by atoms with Crippen molar-refractivity contribution in [3.05, 3.63) is 35.9 Å². The molecule has 0 heterocycles. The van der Waals surface area contributed by atoms with Crippen LogP contribution < -0.4 is 0 Å². The number of esters is 1. The number of rotatable bonds is 4. The van der Waals surface area contributed by atoms with E-state index < -0.39 is 15.0 Å². The summed E-state index contributed by atoms with van der Waals surface area (Å²) in [7, 11) is 1.45. The summed E-state index contributed by atoms with van der Waals surface area (Å²) in [6, 6.07) is 5.95. The van der Waals surface area contributed by atoms with Crippen LogP contribution in [0.2, 0.25) is 0 Å². The maximum Gasteiger partial charge on any atom is 0.330 e. The van der Waals surface area contributed by atoms with Gasteiger partial charge in [0, 0.05) is 16.8 Å². The molecule has 0 spiro atoms. The molecule has 0 unspecified atom stereocenters. The van der Waals surface area contributed by atoms with Crippen molar-refractivity contribution >= 4 is 31.8 Å². The van der Waals surface area contributed by atoms with E-state index in [9.17, 15) is 13.2 Å². The Kier molecular flexibility index (Phi) is 4.72. The van der Waals surface area contributed by atoms with Crippen LogP contribution in [-0.2, 0) is 18.6 Å². The standard InChI is InChI=1S/C11H11ClO4S/c1-2-16-11(13)7-6-9-4-3-5-10(8-9)17(12,14)15/h3-8H,2H2,1H3. The molecule has 1 aromatic rings. The van der Waals surface area contributed by atoms with Gasteiger partial charge in [-0.3, -0.25) is 0 Å². The molecule has 17 heavy (non-hydrogen) atoms. The average molecular weight is 275 g/mol. The highest BCUT2D eigenvalue weighted by atomic mass is 35.7. The average Bonchev–Trinajstić information content (AvgIpc) is 2.26. The molecule has 0 bridgehead atoms. The van der Waals surface area contributed by atoms with Crippen LogP contribution in [0.25, 0.3) is 6.08 Å². The third kappa shape index (κ3) is 4.58. The summed E-state index contributed by atoms with van der Waals surface area (Å²) >= 11 is 0. The monoisotopic (exact) mass is 274 g/mol. The normalized spacial score (nSPS) is 11.6. The molecule has 1 rings (SSSR count). The smallest absolute Gasteiger partial charge is 0.330 e. The fourth-order valence-corrected chi connectivity index (χ4v) is 1.93. The van der Waals surface area contributed by atoms with Crippen molar-refractivity contribution < 1.29 is 17.9 Å². The van der Waals surface area contributed by atoms with Gasteiger partial charge in [-0.1, -0.05) is 12.1 Å². The molecule has 92 valence electrons. The van der Waals surface area contributed by atoms with Crippen LogP contribution in [0.1, 0.15) is 12.5 Å². The van der Waals surface area contributed by atoms with Crippen LogP contribution >= 0.6 is 10.7 Å². The minimum Gasteiger partial charge on any atom is -0.463 e. The van der Waals surface area contributed by atoms with E-state index in [-0.39, 0.29) is 4.90 Å². The maximum atomic E-state index is 11.1. The van der Waals surface area contributed by atoms with Crippen LogP contribution in [0.3, 0.4) is 0 Å². The number of hydrogen-bond donors (Lipinski definition) is 0. The van der Waals surface area contributed by atoms with Gasteiger partial charge in [-0.25, -0.2) is 13.2 Å². The minimum atomic E-state index is -3.75. The van der Waals surface area contributed by atoms with E-state index in [1.807, 2.05) is 0 Å². The van der Waals surface area contributed by atoms with Crippen molar-refractivity contribution in [3.8, 4) is 0 Å². The van der Waals surface area contributed by atoms with Gasteiger partial charge in [0.25, 0.3) is 9.05 Å². The molecule has 6 heteroatoms. The molecule has 0 atom stereocenters. The molecule has 0 amide bonds. The summed E-state index contributed by atoms with van der Waals surface area (Å²) in [5, 5.41) is 0. The van der Waals surface area contributed by atoms with E-state index >= 15 is 0 Å². The Morgan fingerprint density at radius 2 is 2.18 bits per heavy atom. The van der Waals surface area contributed by atoms with Gasteiger partial charge in [-0.05, 0) is 30.7 Å². The number of ether oxygens (including phenoxy) is 1. The summed E-state index contributed by atoms with van der Waals surface area (Å²) in [5.74, 6) is -0.480. The topological polar surface area (TPSA) is 60.4 Å². The summed E-state index contributed by atoms with van der Waals surface area (Å²) in [6.07, 6.45) is 2.69. The van der Waals surface area contributed by atoms with Crippen molar-refractivity contribution in [2.45, 2.75) is 11.8 Å². The van der Waals surface area contributed by atoms with Gasteiger partial charge in [-0.15, -0.1) is 0 Å². The first kappa shape index (κ1) is 13.7. The molecule has 0 aliphatic carbocycles. The van der Waals surface area contributed by atoms with Crippen molar-refractivity contribution in [1.29, 1.82) is 0 Å². The van der Waals surface area contributed by atoms with Gasteiger partial charge in [-0.2, -0.15) is 0 Å². The lowest BCUT2D eigenvalue weighted by molar-refractivity contribution is -0.137. The Morgan fingerprint density at radius 1 is 1.47 bits per heavy atom. The molecule has 0 aliphatic rings. The lowest BCUT2D eigenvalue weighted by atomic mass is 10.2. The van der Waals surface area contributed by atoms with Crippen LogP contribution in [0.5, 0.6) is 0 Å². The van der Waals surface area contributed by atoms with Crippen molar-refractivity contribution in [2.24, 2.45) is 0 Å². The number of hydrogen-bond acceptors (Lipinski definition) is 4. The number of benzene rings is 1. The molecule has 0 fully saturated rings. The van der Waals surface area contributed by atoms with E-state index in [1.165, 1.54) is 24.3 Å². The van der Waals surface area contributed by atoms with E-state index in [2.05, 4.69) is 0 Å². The largest absolute Gasteiger partial charge is 0.463 e. The van der Waals surface area contributed by atoms with E-state index in [0.717, 1.165) is 0 Å². The zero-order valence-electron chi connectivity index (χ0n) is 9.09. The van der Waals surface area contributed by atoms with Crippen LogP contribution in [0, 0.1) is 0 Å². The van der Waals surface area contributed by atoms with Gasteiger partial charge < -0.3 is 4.74 Å². The lowest BCUT2D eigenvalue weighted by Crippen LogP contribution is -1.98. The molecular formula is C11H11ClO4S. The highest BCUT2D eigenvalue weighted by Crippen LogP contribution is 2.16. The van der Waals surface area contributed by atoms with Gasteiger partial charge in [0.2, 0.25) is 0 Å². The second kappa shape index (κ2) is 5.84. The summed E-state index contributed by atoms with van der Waals surface area (Å²) in [5.41, 5.74) is 0.555. The molecule has 0 aromatic heterocycles. The Hall–Kier alpha value is -1.33. The number of halogens is 1. The first-order valence-corrected chi connectivity index (χ1v) is 7.14. The Bertz CT molecular complexity index is 534. The predicted molar refractivity (Wildman–Crippen MR) is 65.1 cm³/mol. The highest BCUT2D eigenvalue weighted by Gasteiger charge is 2.09. The first-order valence-electron chi connectivity index (χ1n) is 4.83. The van der Waals surface area contributed by atoms with E-state index in [1.54, 1.807) is 19.1 Å². The van der Waals surface area contributed by atoms with Crippen molar-refractivity contribution in [2.75, 3.05) is 6.61 Å². The number of carbonyl (C=O) groups is 1. The molecule has 0 N–H and O–H groups in total. The minimum absolute atomic E-state index is 0.00910. The van der Waals surface area contributed by atoms with Gasteiger partial charge >= 0.3 is 5.97 Å². The highest BCUT2D eigenvalue weighted by molar-refractivity contribution is 8.13. The zero-order valence-corrected chi connectivity index (χ0v) is 10.7. The third-order valence-electron chi connectivity index (χ3n) is 1.84. The van der Waals surface area contributed by atoms with E-state index in [0.29, 0.717) is 12.2 Å². The zero-order chi connectivity index (χ0) is 12.9. The van der Waals surface area contributed by atoms with Crippen molar-refractivity contribution in [3.63, 3.8) is 0 Å². The summed E-state index contributed by atoms with van der Waals surface area (Å²) in [6.45, 7) is 1.99. The fourth-order valence-electron chi connectivity index (χ4n) is 1.12. The summed E-state index contributed by atoms with van der Waals surface area (Å²) < 4.78 is 26.8. The Balaban J connectivity index is 2.90. The molecule has 0 saturated heterocycles. The molecule has 1 aromatic carbocycles. The SMILES string of the molecule is CCOC(=O)C=Cc1cccc(S(=O)(=O)Cl)c1. The Morgan fingerprint density at radius 3 is 2.76 bits per heavy atom. The maximum absolute atomic E-state index is 11.1. The predicted octanol–water partition coefficient (Wildman–Crippen LogP) is 2.19. The number of carbonyl (C=O) groups excluding carboxylic acids is 1. The molecule has 0 aliphatic heterocycles. The molecule has 4 nitrogen and oxygen atoms in total. The van der Waals surface area contributed by atoms with Gasteiger partial charge in [0.15, 0.2) is 0 Å². The van der Waals surface area contributed by atoms with Gasteiger partial charge in [0.05, 0.1) is 11.5 Å². The van der Waals surface area contributed by atoms with Crippen LogP contribution in [-0.4, -0.2) is 21.0 Å². The second-order valence-electron chi connectivity index (χ2n) is 3.10. The van der Waals surface area contributed by atoms with Gasteiger partial charge in [0.1, 0.15) is 0 Å². The lowest BCUT2D eigenvalue weighted by Gasteiger charge is -1.98. The molecular weight excluding hydrogens is 264 g/mol. The Labute approximate surface area is 104 Å². The fraction of sp³-hybridized carbons (Fsp3) is 0.182. The summed E-state index contributed by atoms with van der Waals surface area (Å²) in [4.78, 5) is 11.0. The van der Waals surface area contributed by atoms with E-state index in [4.69, 9.17) is 15.4 Å². The third-order valence-corrected chi connectivity index (χ3v) is 3.19. The van der Waals surface area contributed by atoms with Crippen LogP contribution in [0.4, 0.5) is 0 Å². The second-order valence-corrected chi connectivity index (χ2v) is 5.66. The first-order chi connectivity index (χ1) is 7.93. The molecule has 0 radical (unpaired) electrons. The quantitative estimate of drug-likeness (QED) is 0.480.